The molecule has 0 spiro atoms. The molecule has 0 aromatic heterocycles. The summed E-state index contributed by atoms with van der Waals surface area (Å²) in [6.45, 7) is 0. The summed E-state index contributed by atoms with van der Waals surface area (Å²) in [5, 5.41) is 9.28. The number of carboxylic acids is 1. The van der Waals surface area contributed by atoms with Crippen LogP contribution >= 0.6 is 15.9 Å². The molecule has 1 unspecified atom stereocenters. The lowest BCUT2D eigenvalue weighted by Crippen LogP contribution is -2.14. The Kier molecular flexibility index (Phi) is 3.19. The molecule has 0 radical (unpaired) electrons. The van der Waals surface area contributed by atoms with Crippen molar-refractivity contribution in [3.8, 4) is 5.75 Å². The van der Waals surface area contributed by atoms with Gasteiger partial charge in [-0.25, -0.2) is 0 Å². The lowest BCUT2D eigenvalue weighted by Gasteiger charge is -2.15. The molecule has 0 aliphatic heterocycles. The summed E-state index contributed by atoms with van der Waals surface area (Å²) < 4.78 is 6.11. The molecule has 1 atom stereocenters. The predicted octanol–water partition coefficient (Wildman–Crippen LogP) is 3.04. The van der Waals surface area contributed by atoms with Crippen LogP contribution in [-0.4, -0.2) is 18.2 Å². The summed E-state index contributed by atoms with van der Waals surface area (Å²) in [6, 6.07) is 5.50. The fourth-order valence-corrected chi connectivity index (χ4v) is 2.35. The number of methoxy groups -OCH3 is 1. The molecule has 1 aliphatic rings. The van der Waals surface area contributed by atoms with E-state index in [0.29, 0.717) is 5.75 Å². The minimum Gasteiger partial charge on any atom is -0.496 e. The number of hydrogen-bond donors (Lipinski definition) is 1. The van der Waals surface area contributed by atoms with Crippen molar-refractivity contribution in [1.82, 2.24) is 0 Å². The third-order valence-corrected chi connectivity index (χ3v) is 3.38. The maximum Gasteiger partial charge on any atom is 0.311 e. The highest BCUT2D eigenvalue weighted by Crippen LogP contribution is 2.45. The molecule has 4 heteroatoms. The zero-order valence-corrected chi connectivity index (χ0v) is 10.5. The molecule has 0 heterocycles. The van der Waals surface area contributed by atoms with Crippen LogP contribution in [0.25, 0.3) is 0 Å². The lowest BCUT2D eigenvalue weighted by atomic mass is 9.93. The van der Waals surface area contributed by atoms with Crippen LogP contribution in [0.5, 0.6) is 5.75 Å². The number of carboxylic acid groups (broad SMARTS) is 1. The maximum atomic E-state index is 11.3. The van der Waals surface area contributed by atoms with Crippen molar-refractivity contribution in [1.29, 1.82) is 0 Å². The van der Waals surface area contributed by atoms with Gasteiger partial charge in [-0.1, -0.05) is 15.9 Å². The number of hydrogen-bond acceptors (Lipinski definition) is 2. The summed E-state index contributed by atoms with van der Waals surface area (Å²) in [5.74, 6) is -0.283. The monoisotopic (exact) mass is 284 g/mol. The number of rotatable bonds is 4. The van der Waals surface area contributed by atoms with E-state index in [1.54, 1.807) is 13.2 Å². The maximum absolute atomic E-state index is 11.3. The normalized spacial score (nSPS) is 16.9. The number of aliphatic carboxylic acids is 1. The number of benzene rings is 1. The molecule has 0 amide bonds. The largest absolute Gasteiger partial charge is 0.496 e. The second kappa shape index (κ2) is 4.45. The second-order valence-corrected chi connectivity index (χ2v) is 4.96. The first-order valence-corrected chi connectivity index (χ1v) is 5.99. The van der Waals surface area contributed by atoms with Crippen molar-refractivity contribution < 1.29 is 14.6 Å². The highest BCUT2D eigenvalue weighted by Gasteiger charge is 2.38. The van der Waals surface area contributed by atoms with Crippen LogP contribution < -0.4 is 4.74 Å². The Morgan fingerprint density at radius 3 is 2.75 bits per heavy atom. The van der Waals surface area contributed by atoms with E-state index in [9.17, 15) is 9.90 Å². The molecule has 1 N–H and O–H groups in total. The van der Waals surface area contributed by atoms with Crippen LogP contribution in [0, 0.1) is 5.92 Å². The minimum absolute atomic E-state index is 0.265. The SMILES string of the molecule is COc1ccc(Br)cc1C(C(=O)O)C1CC1. The van der Waals surface area contributed by atoms with E-state index in [1.807, 2.05) is 12.1 Å². The number of carbonyl (C=O) groups is 1. The van der Waals surface area contributed by atoms with Gasteiger partial charge in [0.1, 0.15) is 5.75 Å². The van der Waals surface area contributed by atoms with Crippen LogP contribution in [0.4, 0.5) is 0 Å². The zero-order chi connectivity index (χ0) is 11.7. The summed E-state index contributed by atoms with van der Waals surface area (Å²) >= 11 is 3.36. The molecule has 1 aromatic rings. The first kappa shape index (κ1) is 11.5. The van der Waals surface area contributed by atoms with Crippen LogP contribution in [0.3, 0.4) is 0 Å². The van der Waals surface area contributed by atoms with Gasteiger partial charge in [0.05, 0.1) is 13.0 Å². The van der Waals surface area contributed by atoms with E-state index in [4.69, 9.17) is 4.74 Å². The molecule has 1 aliphatic carbocycles. The van der Waals surface area contributed by atoms with Gasteiger partial charge in [0.2, 0.25) is 0 Å². The van der Waals surface area contributed by atoms with Crippen molar-refractivity contribution in [2.75, 3.05) is 7.11 Å². The Morgan fingerprint density at radius 2 is 2.25 bits per heavy atom. The van der Waals surface area contributed by atoms with E-state index in [1.165, 1.54) is 0 Å². The molecule has 2 rings (SSSR count). The van der Waals surface area contributed by atoms with Gasteiger partial charge in [0, 0.05) is 10.0 Å². The van der Waals surface area contributed by atoms with Crippen molar-refractivity contribution >= 4 is 21.9 Å². The van der Waals surface area contributed by atoms with Crippen molar-refractivity contribution in [3.05, 3.63) is 28.2 Å². The average Bonchev–Trinajstić information content (AvgIpc) is 3.02. The Morgan fingerprint density at radius 1 is 1.56 bits per heavy atom. The van der Waals surface area contributed by atoms with Gasteiger partial charge in [-0.15, -0.1) is 0 Å². The molecule has 0 saturated heterocycles. The van der Waals surface area contributed by atoms with E-state index in [0.717, 1.165) is 22.9 Å². The van der Waals surface area contributed by atoms with Gasteiger partial charge in [-0.3, -0.25) is 4.79 Å². The molecular formula is C12H13BrO3. The van der Waals surface area contributed by atoms with Gasteiger partial charge in [-0.05, 0) is 37.0 Å². The van der Waals surface area contributed by atoms with E-state index in [2.05, 4.69) is 15.9 Å². The Balaban J connectivity index is 2.42. The molecule has 16 heavy (non-hydrogen) atoms. The van der Waals surface area contributed by atoms with Crippen LogP contribution in [0.2, 0.25) is 0 Å². The fraction of sp³-hybridized carbons (Fsp3) is 0.417. The van der Waals surface area contributed by atoms with Crippen molar-refractivity contribution in [2.24, 2.45) is 5.92 Å². The van der Waals surface area contributed by atoms with Gasteiger partial charge in [0.25, 0.3) is 0 Å². The van der Waals surface area contributed by atoms with Crippen LogP contribution in [0.1, 0.15) is 24.3 Å². The van der Waals surface area contributed by atoms with Crippen molar-refractivity contribution in [3.63, 3.8) is 0 Å². The summed E-state index contributed by atoms with van der Waals surface area (Å²) in [6.07, 6.45) is 1.99. The van der Waals surface area contributed by atoms with Crippen LogP contribution in [-0.2, 0) is 4.79 Å². The summed E-state index contributed by atoms with van der Waals surface area (Å²) in [5.41, 5.74) is 0.770. The zero-order valence-electron chi connectivity index (χ0n) is 8.94. The topological polar surface area (TPSA) is 46.5 Å². The van der Waals surface area contributed by atoms with Gasteiger partial charge in [-0.2, -0.15) is 0 Å². The molecular weight excluding hydrogens is 272 g/mol. The van der Waals surface area contributed by atoms with Gasteiger partial charge < -0.3 is 9.84 Å². The molecule has 1 aromatic carbocycles. The van der Waals surface area contributed by atoms with Crippen molar-refractivity contribution in [2.45, 2.75) is 18.8 Å². The fourth-order valence-electron chi connectivity index (χ4n) is 1.97. The minimum atomic E-state index is -0.765. The van der Waals surface area contributed by atoms with E-state index < -0.39 is 11.9 Å². The highest BCUT2D eigenvalue weighted by molar-refractivity contribution is 9.10. The molecule has 1 saturated carbocycles. The molecule has 3 nitrogen and oxygen atoms in total. The first-order valence-electron chi connectivity index (χ1n) is 5.19. The molecule has 86 valence electrons. The second-order valence-electron chi connectivity index (χ2n) is 4.04. The number of halogens is 1. The third kappa shape index (κ3) is 2.21. The quantitative estimate of drug-likeness (QED) is 0.925. The molecule has 0 bridgehead atoms. The Labute approximate surface area is 103 Å². The first-order chi connectivity index (χ1) is 7.63. The third-order valence-electron chi connectivity index (χ3n) is 2.89. The smallest absolute Gasteiger partial charge is 0.311 e. The summed E-state index contributed by atoms with van der Waals surface area (Å²) in [7, 11) is 1.57. The average molecular weight is 285 g/mol. The Bertz CT molecular complexity index is 413. The van der Waals surface area contributed by atoms with E-state index >= 15 is 0 Å². The summed E-state index contributed by atoms with van der Waals surface area (Å²) in [4.78, 5) is 11.3. The van der Waals surface area contributed by atoms with Gasteiger partial charge >= 0.3 is 5.97 Å². The lowest BCUT2D eigenvalue weighted by molar-refractivity contribution is -0.139. The van der Waals surface area contributed by atoms with Gasteiger partial charge in [0.15, 0.2) is 0 Å². The van der Waals surface area contributed by atoms with E-state index in [-0.39, 0.29) is 5.92 Å². The Hall–Kier alpha value is -1.03. The van der Waals surface area contributed by atoms with Crippen LogP contribution in [0.15, 0.2) is 22.7 Å². The standard InChI is InChI=1S/C12H13BrO3/c1-16-10-5-4-8(13)6-9(10)11(12(14)15)7-2-3-7/h4-7,11H,2-3H2,1H3,(H,14,15). The molecule has 1 fully saturated rings. The number of ether oxygens (including phenoxy) is 1. The highest BCUT2D eigenvalue weighted by atomic mass is 79.9. The predicted molar refractivity (Wildman–Crippen MR) is 63.8 cm³/mol.